The van der Waals surface area contributed by atoms with Crippen molar-refractivity contribution in [3.63, 3.8) is 0 Å². The minimum Gasteiger partial charge on any atom is -0.491 e. The quantitative estimate of drug-likeness (QED) is 0.898. The number of para-hydroxylation sites is 1. The van der Waals surface area contributed by atoms with E-state index < -0.39 is 0 Å². The molecule has 0 saturated heterocycles. The number of pyridine rings is 1. The Morgan fingerprint density at radius 2 is 2.20 bits per heavy atom. The lowest BCUT2D eigenvalue weighted by Gasteiger charge is -2.25. The molecule has 5 nitrogen and oxygen atoms in total. The van der Waals surface area contributed by atoms with Gasteiger partial charge in [0.1, 0.15) is 12.4 Å². The summed E-state index contributed by atoms with van der Waals surface area (Å²) in [6.07, 6.45) is 6.66. The van der Waals surface area contributed by atoms with Gasteiger partial charge in [-0.3, -0.25) is 4.98 Å². The number of rotatable bonds is 5. The predicted octanol–water partition coefficient (Wildman–Crippen LogP) is 3.92. The van der Waals surface area contributed by atoms with E-state index in [-0.39, 0.29) is 12.1 Å². The first kappa shape index (κ1) is 17.3. The third-order valence-electron chi connectivity index (χ3n) is 4.47. The van der Waals surface area contributed by atoms with Gasteiger partial charge in [0.2, 0.25) is 0 Å². The van der Waals surface area contributed by atoms with E-state index in [1.165, 1.54) is 0 Å². The molecule has 1 unspecified atom stereocenters. The number of hydrogen-bond acceptors (Lipinski definition) is 3. The summed E-state index contributed by atoms with van der Waals surface area (Å²) in [5.41, 5.74) is 2.09. The molecule has 1 N–H and O–H groups in total. The molecule has 1 aromatic heterocycles. The lowest BCUT2D eigenvalue weighted by Crippen LogP contribution is -2.42. The first-order chi connectivity index (χ1) is 12.3. The smallest absolute Gasteiger partial charge is 0.318 e. The number of carbonyl (C=O) groups excluding carboxylic acids is 1. The number of nitrogens with zero attached hydrogens (tertiary/aromatic N) is 2. The minimum absolute atomic E-state index is 0.0134. The van der Waals surface area contributed by atoms with Crippen LogP contribution in [0.3, 0.4) is 0 Å². The fourth-order valence-electron chi connectivity index (χ4n) is 3.05. The van der Waals surface area contributed by atoms with Gasteiger partial charge in [0.05, 0.1) is 19.1 Å². The molecule has 25 heavy (non-hydrogen) atoms. The summed E-state index contributed by atoms with van der Waals surface area (Å²) in [5.74, 6) is 0.868. The number of hydrogen-bond donors (Lipinski definition) is 1. The standard InChI is InChI=1S/C20H25N3O2/c1-2-3-9-18(16-8-6-11-21-14-16)22-20(24)23-12-13-25-19-10-5-4-7-17(19)15-23/h4-8,10-11,14,18H,2-3,9,12-13,15H2,1H3,(H,22,24). The van der Waals surface area contributed by atoms with Crippen molar-refractivity contribution < 1.29 is 9.53 Å². The molecule has 132 valence electrons. The van der Waals surface area contributed by atoms with Crippen LogP contribution in [0.25, 0.3) is 0 Å². The Morgan fingerprint density at radius 3 is 3.00 bits per heavy atom. The van der Waals surface area contributed by atoms with Crippen LogP contribution in [0.4, 0.5) is 4.79 Å². The van der Waals surface area contributed by atoms with Gasteiger partial charge >= 0.3 is 6.03 Å². The minimum atomic E-state index is -0.0507. The van der Waals surface area contributed by atoms with Crippen LogP contribution in [0.15, 0.2) is 48.8 Å². The first-order valence-electron chi connectivity index (χ1n) is 8.94. The van der Waals surface area contributed by atoms with Crippen molar-refractivity contribution in [1.29, 1.82) is 0 Å². The van der Waals surface area contributed by atoms with Crippen molar-refractivity contribution in [3.05, 3.63) is 59.9 Å². The van der Waals surface area contributed by atoms with Crippen LogP contribution >= 0.6 is 0 Å². The number of urea groups is 1. The maximum atomic E-state index is 12.8. The molecule has 1 aromatic carbocycles. The normalized spacial score (nSPS) is 14.8. The van der Waals surface area contributed by atoms with Crippen LogP contribution in [0, 0.1) is 0 Å². The zero-order valence-electron chi connectivity index (χ0n) is 14.6. The molecule has 2 amide bonds. The van der Waals surface area contributed by atoms with E-state index in [1.54, 1.807) is 6.20 Å². The molecule has 0 aliphatic carbocycles. The second-order valence-electron chi connectivity index (χ2n) is 6.31. The average Bonchev–Trinajstić information content (AvgIpc) is 2.88. The van der Waals surface area contributed by atoms with Gasteiger partial charge in [-0.25, -0.2) is 4.79 Å². The van der Waals surface area contributed by atoms with Crippen LogP contribution in [0.5, 0.6) is 5.75 Å². The number of benzene rings is 1. The van der Waals surface area contributed by atoms with Gasteiger partial charge in [-0.05, 0) is 24.1 Å². The summed E-state index contributed by atoms with van der Waals surface area (Å²) in [4.78, 5) is 18.9. The van der Waals surface area contributed by atoms with E-state index in [0.29, 0.717) is 19.7 Å². The van der Waals surface area contributed by atoms with Crippen LogP contribution in [0.1, 0.15) is 43.4 Å². The van der Waals surface area contributed by atoms with Gasteiger partial charge in [0, 0.05) is 18.0 Å². The molecular formula is C20H25N3O2. The number of aromatic nitrogens is 1. The van der Waals surface area contributed by atoms with Gasteiger partial charge in [-0.15, -0.1) is 0 Å². The third-order valence-corrected chi connectivity index (χ3v) is 4.47. The summed E-state index contributed by atoms with van der Waals surface area (Å²) >= 11 is 0. The second kappa shape index (κ2) is 8.51. The summed E-state index contributed by atoms with van der Waals surface area (Å²) < 4.78 is 5.75. The number of ether oxygens (including phenoxy) is 1. The third kappa shape index (κ3) is 4.50. The van der Waals surface area contributed by atoms with E-state index in [4.69, 9.17) is 4.74 Å². The maximum Gasteiger partial charge on any atom is 0.318 e. The average molecular weight is 339 g/mol. The number of nitrogens with one attached hydrogen (secondary N) is 1. The Bertz CT molecular complexity index is 690. The highest BCUT2D eigenvalue weighted by Gasteiger charge is 2.22. The Hall–Kier alpha value is -2.56. The largest absolute Gasteiger partial charge is 0.491 e. The molecule has 0 radical (unpaired) electrons. The van der Waals surface area contributed by atoms with E-state index in [1.807, 2.05) is 47.5 Å². The molecule has 0 spiro atoms. The van der Waals surface area contributed by atoms with Crippen molar-refractivity contribution in [2.24, 2.45) is 0 Å². The van der Waals surface area contributed by atoms with Gasteiger partial charge < -0.3 is 15.0 Å². The number of unbranched alkanes of at least 4 members (excludes halogenated alkanes) is 1. The fourth-order valence-corrected chi connectivity index (χ4v) is 3.05. The number of fused-ring (bicyclic) bond motifs is 1. The molecule has 0 fully saturated rings. The fraction of sp³-hybridized carbons (Fsp3) is 0.400. The predicted molar refractivity (Wildman–Crippen MR) is 97.4 cm³/mol. The van der Waals surface area contributed by atoms with Gasteiger partial charge in [0.25, 0.3) is 0 Å². The molecule has 2 heterocycles. The Labute approximate surface area is 149 Å². The molecular weight excluding hydrogens is 314 g/mol. The van der Waals surface area contributed by atoms with E-state index in [2.05, 4.69) is 17.2 Å². The van der Waals surface area contributed by atoms with Crippen LogP contribution in [-0.4, -0.2) is 29.1 Å². The SMILES string of the molecule is CCCCC(NC(=O)N1CCOc2ccccc2C1)c1cccnc1. The molecule has 0 saturated carbocycles. The van der Waals surface area contributed by atoms with Crippen molar-refractivity contribution in [1.82, 2.24) is 15.2 Å². The highest BCUT2D eigenvalue weighted by molar-refractivity contribution is 5.75. The van der Waals surface area contributed by atoms with Crippen LogP contribution in [0.2, 0.25) is 0 Å². The zero-order chi connectivity index (χ0) is 17.5. The first-order valence-corrected chi connectivity index (χ1v) is 8.94. The van der Waals surface area contributed by atoms with Crippen LogP contribution < -0.4 is 10.1 Å². The van der Waals surface area contributed by atoms with E-state index >= 15 is 0 Å². The second-order valence-corrected chi connectivity index (χ2v) is 6.31. The molecule has 1 aliphatic rings. The molecule has 3 rings (SSSR count). The zero-order valence-corrected chi connectivity index (χ0v) is 14.6. The van der Waals surface area contributed by atoms with Gasteiger partial charge in [-0.2, -0.15) is 0 Å². The summed E-state index contributed by atoms with van der Waals surface area (Å²) in [7, 11) is 0. The Balaban J connectivity index is 1.70. The Morgan fingerprint density at radius 1 is 1.32 bits per heavy atom. The summed E-state index contributed by atoms with van der Waals surface area (Å²) in [6.45, 7) is 3.81. The molecule has 2 aromatic rings. The molecule has 0 bridgehead atoms. The van der Waals surface area contributed by atoms with Crippen molar-refractivity contribution in [2.45, 2.75) is 38.8 Å². The number of amides is 2. The maximum absolute atomic E-state index is 12.8. The van der Waals surface area contributed by atoms with Crippen molar-refractivity contribution in [2.75, 3.05) is 13.2 Å². The molecule has 1 aliphatic heterocycles. The highest BCUT2D eigenvalue weighted by Crippen LogP contribution is 2.23. The highest BCUT2D eigenvalue weighted by atomic mass is 16.5. The summed E-state index contributed by atoms with van der Waals surface area (Å²) in [5, 5.41) is 3.19. The Kier molecular flexibility index (Phi) is 5.88. The monoisotopic (exact) mass is 339 g/mol. The van der Waals surface area contributed by atoms with E-state index in [9.17, 15) is 4.79 Å². The number of carbonyl (C=O) groups is 1. The lowest BCUT2D eigenvalue weighted by atomic mass is 10.0. The van der Waals surface area contributed by atoms with Gasteiger partial charge in [0.15, 0.2) is 0 Å². The van der Waals surface area contributed by atoms with Gasteiger partial charge in [-0.1, -0.05) is 44.0 Å². The molecule has 5 heteroatoms. The van der Waals surface area contributed by atoms with Crippen LogP contribution in [-0.2, 0) is 6.54 Å². The summed E-state index contributed by atoms with van der Waals surface area (Å²) in [6, 6.07) is 11.8. The van der Waals surface area contributed by atoms with E-state index in [0.717, 1.165) is 36.1 Å². The topological polar surface area (TPSA) is 54.5 Å². The molecule has 1 atom stereocenters. The lowest BCUT2D eigenvalue weighted by molar-refractivity contribution is 0.183. The van der Waals surface area contributed by atoms with Crippen molar-refractivity contribution in [3.8, 4) is 5.75 Å². The van der Waals surface area contributed by atoms with Crippen molar-refractivity contribution >= 4 is 6.03 Å².